The van der Waals surface area contributed by atoms with Crippen LogP contribution in [0.25, 0.3) is 0 Å². The SMILES string of the molecule is CCCCCCCCC/C=C\CCCCCCCCCC(=O)NC(CS(=O)(=O)O)C(O)/C=C/CCCCCCCCCCCCCC. The topological polar surface area (TPSA) is 104 Å². The molecule has 0 spiro atoms. The minimum absolute atomic E-state index is 0.282. The predicted molar refractivity (Wildman–Crippen MR) is 202 cm³/mol. The number of amides is 1. The number of unbranched alkanes of at least 4 members (excludes halogenated alkanes) is 26. The maximum atomic E-state index is 12.5. The maximum absolute atomic E-state index is 12.5. The Kier molecular flexibility index (Phi) is 33.8. The largest absolute Gasteiger partial charge is 0.387 e. The first kappa shape index (κ1) is 45.8. The van der Waals surface area contributed by atoms with Gasteiger partial charge in [-0.15, -0.1) is 0 Å². The molecule has 0 radical (unpaired) electrons. The van der Waals surface area contributed by atoms with Crippen molar-refractivity contribution in [3.63, 3.8) is 0 Å². The second-order valence-corrected chi connectivity index (χ2v) is 15.4. The van der Waals surface area contributed by atoms with Crippen molar-refractivity contribution in [1.29, 1.82) is 0 Å². The van der Waals surface area contributed by atoms with Crippen molar-refractivity contribution < 1.29 is 22.9 Å². The smallest absolute Gasteiger partial charge is 0.267 e. The summed E-state index contributed by atoms with van der Waals surface area (Å²) in [5.41, 5.74) is 0. The molecular formula is C40H77NO5S. The fourth-order valence-corrected chi connectivity index (χ4v) is 6.83. The Morgan fingerprint density at radius 2 is 0.894 bits per heavy atom. The molecule has 278 valence electrons. The zero-order valence-electron chi connectivity index (χ0n) is 30.9. The molecule has 6 nitrogen and oxygen atoms in total. The van der Waals surface area contributed by atoms with E-state index in [9.17, 15) is 22.9 Å². The van der Waals surface area contributed by atoms with Crippen LogP contribution >= 0.6 is 0 Å². The van der Waals surface area contributed by atoms with E-state index in [0.717, 1.165) is 44.9 Å². The lowest BCUT2D eigenvalue weighted by Gasteiger charge is -2.21. The Morgan fingerprint density at radius 1 is 0.553 bits per heavy atom. The van der Waals surface area contributed by atoms with Gasteiger partial charge in [-0.2, -0.15) is 8.42 Å². The maximum Gasteiger partial charge on any atom is 0.267 e. The molecule has 1 amide bonds. The highest BCUT2D eigenvalue weighted by Gasteiger charge is 2.24. The van der Waals surface area contributed by atoms with Gasteiger partial charge in [-0.3, -0.25) is 9.35 Å². The van der Waals surface area contributed by atoms with Gasteiger partial charge in [0.2, 0.25) is 5.91 Å². The van der Waals surface area contributed by atoms with Gasteiger partial charge in [0.25, 0.3) is 10.1 Å². The highest BCUT2D eigenvalue weighted by Crippen LogP contribution is 2.14. The molecule has 0 rings (SSSR count). The summed E-state index contributed by atoms with van der Waals surface area (Å²) in [7, 11) is -4.34. The minimum atomic E-state index is -4.34. The summed E-state index contributed by atoms with van der Waals surface area (Å²) >= 11 is 0. The molecule has 0 aromatic heterocycles. The van der Waals surface area contributed by atoms with Crippen molar-refractivity contribution in [2.45, 2.75) is 219 Å². The Labute approximate surface area is 292 Å². The molecule has 0 fully saturated rings. The van der Waals surface area contributed by atoms with Crippen LogP contribution in [0.5, 0.6) is 0 Å². The molecule has 0 aliphatic rings. The van der Waals surface area contributed by atoms with Gasteiger partial charge in [0.05, 0.1) is 17.9 Å². The fourth-order valence-electron chi connectivity index (χ4n) is 6.09. The summed E-state index contributed by atoms with van der Waals surface area (Å²) < 4.78 is 32.4. The third kappa shape index (κ3) is 35.9. The summed E-state index contributed by atoms with van der Waals surface area (Å²) in [6.07, 6.45) is 43.0. The molecule has 0 saturated heterocycles. The Hall–Kier alpha value is -1.18. The van der Waals surface area contributed by atoms with Crippen LogP contribution in [0.15, 0.2) is 24.3 Å². The second-order valence-electron chi connectivity index (χ2n) is 13.9. The van der Waals surface area contributed by atoms with Crippen molar-refractivity contribution in [3.05, 3.63) is 24.3 Å². The number of nitrogens with one attached hydrogen (secondary N) is 1. The van der Waals surface area contributed by atoms with Crippen LogP contribution in [0.3, 0.4) is 0 Å². The second kappa shape index (κ2) is 34.7. The first-order valence-electron chi connectivity index (χ1n) is 20.0. The van der Waals surface area contributed by atoms with E-state index in [1.54, 1.807) is 6.08 Å². The molecule has 0 aliphatic heterocycles. The first-order chi connectivity index (χ1) is 22.8. The van der Waals surface area contributed by atoms with Gasteiger partial charge in [-0.05, 0) is 44.9 Å². The van der Waals surface area contributed by atoms with Gasteiger partial charge in [0, 0.05) is 6.42 Å². The van der Waals surface area contributed by atoms with Crippen molar-refractivity contribution in [3.8, 4) is 0 Å². The number of allylic oxidation sites excluding steroid dienone is 3. The van der Waals surface area contributed by atoms with E-state index in [0.29, 0.717) is 6.42 Å². The Bertz CT molecular complexity index is 842. The van der Waals surface area contributed by atoms with Crippen LogP contribution in [0, 0.1) is 0 Å². The van der Waals surface area contributed by atoms with E-state index in [4.69, 9.17) is 0 Å². The lowest BCUT2D eigenvalue weighted by Crippen LogP contribution is -2.46. The van der Waals surface area contributed by atoms with Gasteiger partial charge in [-0.1, -0.05) is 179 Å². The minimum Gasteiger partial charge on any atom is -0.387 e. The summed E-state index contributed by atoms with van der Waals surface area (Å²) in [5, 5.41) is 13.2. The molecule has 0 aliphatic carbocycles. The van der Waals surface area contributed by atoms with Crippen molar-refractivity contribution >= 4 is 16.0 Å². The number of carbonyl (C=O) groups excluding carboxylic acids is 1. The molecule has 0 heterocycles. The molecule has 7 heteroatoms. The highest BCUT2D eigenvalue weighted by atomic mass is 32.2. The van der Waals surface area contributed by atoms with Crippen LogP contribution < -0.4 is 5.32 Å². The Balaban J connectivity index is 3.92. The molecule has 0 aromatic rings. The van der Waals surface area contributed by atoms with Crippen molar-refractivity contribution in [2.24, 2.45) is 0 Å². The van der Waals surface area contributed by atoms with E-state index < -0.39 is 28.0 Å². The third-order valence-corrected chi connectivity index (χ3v) is 9.90. The van der Waals surface area contributed by atoms with Crippen LogP contribution in [-0.2, 0) is 14.9 Å². The quantitative estimate of drug-likeness (QED) is 0.0346. The van der Waals surface area contributed by atoms with E-state index in [-0.39, 0.29) is 5.91 Å². The van der Waals surface area contributed by atoms with Crippen LogP contribution in [0.4, 0.5) is 0 Å². The summed E-state index contributed by atoms with van der Waals surface area (Å²) in [6.45, 7) is 4.51. The van der Waals surface area contributed by atoms with Gasteiger partial charge < -0.3 is 10.4 Å². The van der Waals surface area contributed by atoms with Crippen LogP contribution in [0.2, 0.25) is 0 Å². The van der Waals surface area contributed by atoms with E-state index >= 15 is 0 Å². The standard InChI is InChI=1S/C40H77NO5S/c1-3-5-7-9-11-13-15-17-19-20-21-22-24-26-28-30-32-34-36-40(43)41-38(37-47(44,45)46)39(42)35-33-31-29-27-25-23-18-16-14-12-10-8-6-4-2/h19-20,33,35,38-39,42H,3-18,21-32,34,36-37H2,1-2H3,(H,41,43)(H,44,45,46)/b20-19-,35-33+. The molecule has 0 aromatic carbocycles. The first-order valence-corrected chi connectivity index (χ1v) is 21.6. The number of hydrogen-bond donors (Lipinski definition) is 3. The van der Waals surface area contributed by atoms with Gasteiger partial charge in [-0.25, -0.2) is 0 Å². The third-order valence-electron chi connectivity index (χ3n) is 9.12. The number of rotatable bonds is 36. The number of aliphatic hydroxyl groups is 1. The fraction of sp³-hybridized carbons (Fsp3) is 0.875. The molecule has 0 bridgehead atoms. The number of carbonyl (C=O) groups is 1. The number of aliphatic hydroxyl groups excluding tert-OH is 1. The van der Waals surface area contributed by atoms with Gasteiger partial charge >= 0.3 is 0 Å². The molecular weight excluding hydrogens is 607 g/mol. The lowest BCUT2D eigenvalue weighted by atomic mass is 10.0. The van der Waals surface area contributed by atoms with Crippen LogP contribution in [0.1, 0.15) is 206 Å². The molecule has 2 unspecified atom stereocenters. The van der Waals surface area contributed by atoms with E-state index in [1.807, 2.05) is 6.08 Å². The normalized spacial score (nSPS) is 13.5. The monoisotopic (exact) mass is 684 g/mol. The van der Waals surface area contributed by atoms with Crippen molar-refractivity contribution in [1.82, 2.24) is 5.32 Å². The van der Waals surface area contributed by atoms with E-state index in [1.165, 1.54) is 141 Å². The summed E-state index contributed by atoms with van der Waals surface area (Å²) in [5.74, 6) is -0.979. The van der Waals surface area contributed by atoms with Gasteiger partial charge in [0.15, 0.2) is 0 Å². The zero-order valence-corrected chi connectivity index (χ0v) is 31.7. The lowest BCUT2D eigenvalue weighted by molar-refractivity contribution is -0.122. The predicted octanol–water partition coefficient (Wildman–Crippen LogP) is 11.6. The molecule has 2 atom stereocenters. The van der Waals surface area contributed by atoms with Crippen LogP contribution in [-0.4, -0.2) is 41.9 Å². The highest BCUT2D eigenvalue weighted by molar-refractivity contribution is 7.85. The van der Waals surface area contributed by atoms with Crippen molar-refractivity contribution in [2.75, 3.05) is 5.75 Å². The average Bonchev–Trinajstić information content (AvgIpc) is 3.03. The zero-order chi connectivity index (χ0) is 34.7. The molecule has 0 saturated carbocycles. The van der Waals surface area contributed by atoms with Gasteiger partial charge in [0.1, 0.15) is 0 Å². The molecule has 3 N–H and O–H groups in total. The molecule has 47 heavy (non-hydrogen) atoms. The Morgan fingerprint density at radius 3 is 1.28 bits per heavy atom. The summed E-state index contributed by atoms with van der Waals surface area (Å²) in [4.78, 5) is 12.5. The average molecular weight is 684 g/mol. The summed E-state index contributed by atoms with van der Waals surface area (Å²) in [6, 6.07) is -1.06. The van der Waals surface area contributed by atoms with E-state index in [2.05, 4.69) is 31.3 Å². The number of hydrogen-bond acceptors (Lipinski definition) is 4.